The Bertz CT molecular complexity index is 1960. The number of carbonyl (C=O) groups is 1. The van der Waals surface area contributed by atoms with Crippen molar-refractivity contribution < 1.29 is 9.21 Å². The maximum atomic E-state index is 14.0. The lowest BCUT2D eigenvalue weighted by molar-refractivity contribution is -0.113. The van der Waals surface area contributed by atoms with E-state index in [1.54, 1.807) is 35.2 Å². The second kappa shape index (κ2) is 11.8. The van der Waals surface area contributed by atoms with Gasteiger partial charge in [-0.3, -0.25) is 14.2 Å². The van der Waals surface area contributed by atoms with Crippen LogP contribution in [0, 0.1) is 0 Å². The average molecular weight is 594 g/mol. The third kappa shape index (κ3) is 5.63. The predicted octanol–water partition coefficient (Wildman–Crippen LogP) is 5.53. The monoisotopic (exact) mass is 593 g/mol. The van der Waals surface area contributed by atoms with Gasteiger partial charge in [-0.05, 0) is 66.1 Å². The van der Waals surface area contributed by atoms with Gasteiger partial charge in [-0.25, -0.2) is 15.0 Å². The molecule has 1 atom stereocenters. The summed E-state index contributed by atoms with van der Waals surface area (Å²) in [6.07, 6.45) is 5.05. The van der Waals surface area contributed by atoms with E-state index < -0.39 is 6.04 Å². The van der Waals surface area contributed by atoms with E-state index in [1.165, 1.54) is 28.7 Å². The number of furan rings is 1. The lowest BCUT2D eigenvalue weighted by Gasteiger charge is -2.25. The van der Waals surface area contributed by atoms with Crippen LogP contribution in [0.3, 0.4) is 0 Å². The summed E-state index contributed by atoms with van der Waals surface area (Å²) in [6, 6.07) is 22.1. The lowest BCUT2D eigenvalue weighted by Crippen LogP contribution is -2.40. The summed E-state index contributed by atoms with van der Waals surface area (Å²) < 4.78 is 8.02. The van der Waals surface area contributed by atoms with Crippen molar-refractivity contribution in [2.45, 2.75) is 43.0 Å². The summed E-state index contributed by atoms with van der Waals surface area (Å²) in [7, 11) is 0. The molecule has 0 bridgehead atoms. The number of benzene rings is 2. The molecule has 0 fully saturated rings. The molecule has 0 radical (unpaired) electrons. The maximum absolute atomic E-state index is 14.0. The summed E-state index contributed by atoms with van der Waals surface area (Å²) in [6.45, 7) is 6.08. The molecule has 210 valence electrons. The molecule has 0 aliphatic carbocycles. The van der Waals surface area contributed by atoms with Crippen molar-refractivity contribution >= 4 is 40.8 Å². The third-order valence-electron chi connectivity index (χ3n) is 6.83. The van der Waals surface area contributed by atoms with Crippen LogP contribution in [0.1, 0.15) is 49.6 Å². The Kier molecular flexibility index (Phi) is 7.73. The van der Waals surface area contributed by atoms with E-state index in [1.807, 2.05) is 55.5 Å². The lowest BCUT2D eigenvalue weighted by atomic mass is 9.93. The Morgan fingerprint density at radius 1 is 1.02 bits per heavy atom. The van der Waals surface area contributed by atoms with Gasteiger partial charge in [-0.2, -0.15) is 0 Å². The summed E-state index contributed by atoms with van der Waals surface area (Å²) in [4.78, 5) is 41.4. The van der Waals surface area contributed by atoms with Crippen molar-refractivity contribution in [2.75, 3.05) is 5.32 Å². The topological polar surface area (TPSA) is 102 Å². The molecule has 2 aromatic carbocycles. The van der Waals surface area contributed by atoms with Gasteiger partial charge in [0.25, 0.3) is 11.5 Å². The van der Waals surface area contributed by atoms with E-state index in [-0.39, 0.29) is 11.5 Å². The SMILES string of the molecule is CC1=C(C(=O)Nc2ccccc2)[C@H](c2ccc(C(C)C)cc2)n2c(s/c(=C/c3ccc(Sc4ncccn4)o3)c2=O)=N1. The van der Waals surface area contributed by atoms with E-state index in [0.717, 1.165) is 5.56 Å². The van der Waals surface area contributed by atoms with Crippen LogP contribution >= 0.6 is 23.1 Å². The molecule has 5 aromatic rings. The van der Waals surface area contributed by atoms with Gasteiger partial charge in [0, 0.05) is 24.2 Å². The fourth-order valence-corrected chi connectivity index (χ4v) is 6.44. The van der Waals surface area contributed by atoms with Crippen molar-refractivity contribution in [3.63, 3.8) is 0 Å². The minimum Gasteiger partial charge on any atom is -0.450 e. The van der Waals surface area contributed by atoms with Crippen LogP contribution in [-0.4, -0.2) is 20.4 Å². The molecule has 4 heterocycles. The number of anilines is 1. The smallest absolute Gasteiger partial charge is 0.271 e. The normalized spacial score (nSPS) is 15.0. The largest absolute Gasteiger partial charge is 0.450 e. The van der Waals surface area contributed by atoms with Crippen molar-refractivity contribution in [1.82, 2.24) is 14.5 Å². The number of carbonyl (C=O) groups excluding carboxylic acids is 1. The summed E-state index contributed by atoms with van der Waals surface area (Å²) in [5.74, 6) is 0.573. The fraction of sp³-hybridized carbons (Fsp3) is 0.156. The summed E-state index contributed by atoms with van der Waals surface area (Å²) in [5.41, 5.74) is 3.42. The standard InChI is InChI=1S/C32H27N5O3S2/c1-19(2)21-10-12-22(13-11-21)28-27(29(38)36-23-8-5-4-6-9-23)20(3)35-32-37(28)30(39)25(41-32)18-24-14-15-26(40-24)42-31-33-16-7-17-34-31/h4-19,28H,1-3H3,(H,36,38)/b25-18+/t28-/m0/s1. The van der Waals surface area contributed by atoms with Gasteiger partial charge in [0.15, 0.2) is 15.1 Å². The molecular formula is C32H27N5O3S2. The number of aromatic nitrogens is 3. The van der Waals surface area contributed by atoms with Crippen molar-refractivity contribution in [2.24, 2.45) is 4.99 Å². The number of hydrogen-bond acceptors (Lipinski definition) is 8. The highest BCUT2D eigenvalue weighted by Crippen LogP contribution is 2.32. The van der Waals surface area contributed by atoms with Crippen LogP contribution in [0.4, 0.5) is 5.69 Å². The van der Waals surface area contributed by atoms with Gasteiger partial charge in [-0.15, -0.1) is 0 Å². The van der Waals surface area contributed by atoms with Gasteiger partial charge in [0.2, 0.25) is 0 Å². The highest BCUT2D eigenvalue weighted by atomic mass is 32.2. The maximum Gasteiger partial charge on any atom is 0.271 e. The van der Waals surface area contributed by atoms with Crippen LogP contribution in [0.2, 0.25) is 0 Å². The number of nitrogens with zero attached hydrogens (tertiary/aromatic N) is 4. The minimum atomic E-state index is -0.647. The van der Waals surface area contributed by atoms with Gasteiger partial charge in [0.1, 0.15) is 5.76 Å². The Morgan fingerprint density at radius 2 is 1.76 bits per heavy atom. The Morgan fingerprint density at radius 3 is 2.48 bits per heavy atom. The molecule has 8 nitrogen and oxygen atoms in total. The highest BCUT2D eigenvalue weighted by Gasteiger charge is 2.32. The van der Waals surface area contributed by atoms with E-state index in [9.17, 15) is 9.59 Å². The number of fused-ring (bicyclic) bond motifs is 1. The van der Waals surface area contributed by atoms with Gasteiger partial charge in [0.05, 0.1) is 21.8 Å². The van der Waals surface area contributed by atoms with E-state index in [0.29, 0.717) is 48.2 Å². The zero-order chi connectivity index (χ0) is 29.2. The van der Waals surface area contributed by atoms with E-state index in [2.05, 4.69) is 41.3 Å². The Hall–Kier alpha value is -4.54. The molecule has 3 aromatic heterocycles. The van der Waals surface area contributed by atoms with Crippen molar-refractivity contribution in [3.8, 4) is 0 Å². The Labute approximate surface area is 250 Å². The molecule has 0 spiro atoms. The van der Waals surface area contributed by atoms with E-state index >= 15 is 0 Å². The molecule has 0 saturated heterocycles. The molecule has 1 aliphatic rings. The van der Waals surface area contributed by atoms with Crippen LogP contribution in [0.15, 0.2) is 121 Å². The molecule has 0 saturated carbocycles. The minimum absolute atomic E-state index is 0.244. The Balaban J connectivity index is 1.42. The number of para-hydroxylation sites is 1. The predicted molar refractivity (Wildman–Crippen MR) is 164 cm³/mol. The third-order valence-corrected chi connectivity index (χ3v) is 8.62. The second-order valence-electron chi connectivity index (χ2n) is 10.0. The number of nitrogens with one attached hydrogen (secondary N) is 1. The first kappa shape index (κ1) is 27.6. The quantitative estimate of drug-likeness (QED) is 0.249. The molecule has 1 N–H and O–H groups in total. The van der Waals surface area contributed by atoms with Crippen molar-refractivity contribution in [3.05, 3.63) is 133 Å². The van der Waals surface area contributed by atoms with Gasteiger partial charge < -0.3 is 9.73 Å². The molecule has 1 amide bonds. The molecular weight excluding hydrogens is 567 g/mol. The van der Waals surface area contributed by atoms with Gasteiger partial charge in [-0.1, -0.05) is 67.6 Å². The molecule has 6 rings (SSSR count). The van der Waals surface area contributed by atoms with Gasteiger partial charge >= 0.3 is 0 Å². The number of rotatable bonds is 7. The summed E-state index contributed by atoms with van der Waals surface area (Å²) in [5, 5.41) is 4.16. The first-order valence-corrected chi connectivity index (χ1v) is 15.0. The van der Waals surface area contributed by atoms with Crippen LogP contribution in [-0.2, 0) is 4.79 Å². The molecule has 42 heavy (non-hydrogen) atoms. The zero-order valence-corrected chi connectivity index (χ0v) is 24.8. The van der Waals surface area contributed by atoms with E-state index in [4.69, 9.17) is 9.41 Å². The van der Waals surface area contributed by atoms with Crippen molar-refractivity contribution in [1.29, 1.82) is 0 Å². The number of thiazole rings is 1. The van der Waals surface area contributed by atoms with Crippen LogP contribution in [0.5, 0.6) is 0 Å². The van der Waals surface area contributed by atoms with Crippen LogP contribution in [0.25, 0.3) is 6.08 Å². The number of amides is 1. The molecule has 0 unspecified atom stereocenters. The average Bonchev–Trinajstić information content (AvgIpc) is 3.56. The second-order valence-corrected chi connectivity index (χ2v) is 12.0. The molecule has 10 heteroatoms. The van der Waals surface area contributed by atoms with Crippen LogP contribution < -0.4 is 20.2 Å². The zero-order valence-electron chi connectivity index (χ0n) is 23.1. The first-order valence-electron chi connectivity index (χ1n) is 13.4. The highest BCUT2D eigenvalue weighted by molar-refractivity contribution is 7.99. The first-order chi connectivity index (χ1) is 20.4. The molecule has 1 aliphatic heterocycles. The summed E-state index contributed by atoms with van der Waals surface area (Å²) >= 11 is 2.57. The number of hydrogen-bond donors (Lipinski definition) is 1. The fourth-order valence-electron chi connectivity index (χ4n) is 4.73. The number of allylic oxidation sites excluding steroid dienone is 1.